The molecule has 0 unspecified atom stereocenters. The summed E-state index contributed by atoms with van der Waals surface area (Å²) in [5.41, 5.74) is 2.48. The molecule has 1 nitrogen and oxygen atoms in total. The maximum atomic E-state index is 5.29. The van der Waals surface area contributed by atoms with Crippen LogP contribution in [0.1, 0.15) is 37.8 Å². The second-order valence-corrected chi connectivity index (χ2v) is 4.04. The van der Waals surface area contributed by atoms with Crippen molar-refractivity contribution in [1.29, 1.82) is 0 Å². The molecule has 0 N–H and O–H groups in total. The molecule has 0 heterocycles. The van der Waals surface area contributed by atoms with Gasteiger partial charge in [0.05, 0.1) is 7.11 Å². The summed E-state index contributed by atoms with van der Waals surface area (Å²) in [5, 5.41) is 0. The van der Waals surface area contributed by atoms with Crippen LogP contribution < -0.4 is 4.74 Å². The Morgan fingerprint density at radius 2 is 2.00 bits per heavy atom. The van der Waals surface area contributed by atoms with E-state index < -0.39 is 0 Å². The van der Waals surface area contributed by atoms with Crippen LogP contribution in [-0.4, -0.2) is 7.11 Å². The van der Waals surface area contributed by atoms with E-state index in [2.05, 4.69) is 39.5 Å². The van der Waals surface area contributed by atoms with Crippen molar-refractivity contribution < 1.29 is 4.74 Å². The number of allylic oxidation sites excluding steroid dienone is 1. The van der Waals surface area contributed by atoms with Crippen LogP contribution in [0.4, 0.5) is 0 Å². The predicted molar refractivity (Wildman–Crippen MR) is 65.3 cm³/mol. The Morgan fingerprint density at radius 1 is 1.33 bits per heavy atom. The third kappa shape index (κ3) is 2.85. The van der Waals surface area contributed by atoms with Crippen molar-refractivity contribution in [2.45, 2.75) is 26.7 Å². The summed E-state index contributed by atoms with van der Waals surface area (Å²) in [5.74, 6) is 2.60. The van der Waals surface area contributed by atoms with Gasteiger partial charge >= 0.3 is 0 Å². The minimum Gasteiger partial charge on any atom is -0.497 e. The molecule has 1 heteroatoms. The summed E-state index contributed by atoms with van der Waals surface area (Å²) in [6.45, 7) is 10.2. The second-order valence-electron chi connectivity index (χ2n) is 4.04. The van der Waals surface area contributed by atoms with Crippen LogP contribution in [0, 0.1) is 5.92 Å². The molecule has 0 fully saturated rings. The zero-order chi connectivity index (χ0) is 11.4. The highest BCUT2D eigenvalue weighted by Crippen LogP contribution is 2.27. The van der Waals surface area contributed by atoms with Crippen molar-refractivity contribution in [3.8, 4) is 5.75 Å². The van der Waals surface area contributed by atoms with Gasteiger partial charge in [0.1, 0.15) is 5.75 Å². The molecule has 0 bridgehead atoms. The number of rotatable bonds is 4. The molecule has 1 radical (unpaired) electrons. The Kier molecular flexibility index (Phi) is 3.96. The maximum Gasteiger partial charge on any atom is 0.119 e. The number of hydrogen-bond donors (Lipinski definition) is 0. The Balaban J connectivity index is 3.16. The lowest BCUT2D eigenvalue weighted by Gasteiger charge is -2.13. The number of benzene rings is 1. The largest absolute Gasteiger partial charge is 0.497 e. The van der Waals surface area contributed by atoms with E-state index in [0.717, 1.165) is 5.75 Å². The van der Waals surface area contributed by atoms with Crippen molar-refractivity contribution in [3.63, 3.8) is 0 Å². The molecule has 0 aliphatic carbocycles. The van der Waals surface area contributed by atoms with Crippen LogP contribution in [0.2, 0.25) is 0 Å². The summed E-state index contributed by atoms with van der Waals surface area (Å²) in [4.78, 5) is 0. The van der Waals surface area contributed by atoms with E-state index in [-0.39, 0.29) is 0 Å². The van der Waals surface area contributed by atoms with E-state index in [1.165, 1.54) is 17.0 Å². The van der Waals surface area contributed by atoms with Gasteiger partial charge in [0.15, 0.2) is 0 Å². The normalized spacial score (nSPS) is 10.8. The van der Waals surface area contributed by atoms with Crippen LogP contribution in [0.25, 0.3) is 0 Å². The SMILES string of the molecule is C=C[C](C)c1cc(OC)cc(C(C)C)c1. The summed E-state index contributed by atoms with van der Waals surface area (Å²) >= 11 is 0. The molecule has 0 atom stereocenters. The molecule has 81 valence electrons. The van der Waals surface area contributed by atoms with Gasteiger partial charge in [-0.3, -0.25) is 0 Å². The van der Waals surface area contributed by atoms with Gasteiger partial charge in [0.25, 0.3) is 0 Å². The number of ether oxygens (including phenoxy) is 1. The van der Waals surface area contributed by atoms with Gasteiger partial charge in [0, 0.05) is 5.92 Å². The van der Waals surface area contributed by atoms with Crippen molar-refractivity contribution in [2.75, 3.05) is 7.11 Å². The molecule has 0 aromatic heterocycles. The monoisotopic (exact) mass is 203 g/mol. The molecule has 0 aliphatic heterocycles. The molecule has 1 aromatic carbocycles. The Hall–Kier alpha value is -1.24. The Bertz CT molecular complexity index is 339. The quantitative estimate of drug-likeness (QED) is 0.720. The molecule has 0 spiro atoms. The minimum absolute atomic E-state index is 0.511. The summed E-state index contributed by atoms with van der Waals surface area (Å²) < 4.78 is 5.29. The zero-order valence-electron chi connectivity index (χ0n) is 10.0. The Morgan fingerprint density at radius 3 is 2.47 bits per heavy atom. The van der Waals surface area contributed by atoms with Crippen molar-refractivity contribution in [1.82, 2.24) is 0 Å². The van der Waals surface area contributed by atoms with Gasteiger partial charge in [-0.25, -0.2) is 0 Å². The number of methoxy groups -OCH3 is 1. The average molecular weight is 203 g/mol. The van der Waals surface area contributed by atoms with Gasteiger partial charge in [-0.1, -0.05) is 32.9 Å². The third-order valence-corrected chi connectivity index (χ3v) is 2.59. The standard InChI is InChI=1S/C14H19O/c1-6-11(4)13-7-12(10(2)3)8-14(9-13)15-5/h6-10H,1H2,2-5H3. The molecule has 0 saturated heterocycles. The predicted octanol–water partition coefficient (Wildman–Crippen LogP) is 3.95. The molecule has 0 saturated carbocycles. The first-order valence-corrected chi connectivity index (χ1v) is 5.23. The van der Waals surface area contributed by atoms with Crippen LogP contribution in [-0.2, 0) is 0 Å². The molecule has 1 rings (SSSR count). The van der Waals surface area contributed by atoms with E-state index in [0.29, 0.717) is 5.92 Å². The van der Waals surface area contributed by atoms with E-state index in [4.69, 9.17) is 4.74 Å². The van der Waals surface area contributed by atoms with E-state index >= 15 is 0 Å². The van der Waals surface area contributed by atoms with Crippen LogP contribution in [0.3, 0.4) is 0 Å². The fraction of sp³-hybridized carbons (Fsp3) is 0.357. The summed E-state index contributed by atoms with van der Waals surface area (Å²) in [7, 11) is 1.70. The maximum absolute atomic E-state index is 5.29. The van der Waals surface area contributed by atoms with Crippen LogP contribution in [0.15, 0.2) is 30.9 Å². The lowest BCUT2D eigenvalue weighted by atomic mass is 9.94. The first-order valence-electron chi connectivity index (χ1n) is 5.23. The van der Waals surface area contributed by atoms with E-state index in [1.807, 2.05) is 12.1 Å². The smallest absolute Gasteiger partial charge is 0.119 e. The van der Waals surface area contributed by atoms with Crippen molar-refractivity contribution in [2.24, 2.45) is 0 Å². The van der Waals surface area contributed by atoms with Gasteiger partial charge < -0.3 is 4.74 Å². The fourth-order valence-electron chi connectivity index (χ4n) is 1.42. The minimum atomic E-state index is 0.511. The van der Waals surface area contributed by atoms with Crippen molar-refractivity contribution >= 4 is 0 Å². The summed E-state index contributed by atoms with van der Waals surface area (Å²) in [6, 6.07) is 6.33. The molecule has 1 aromatic rings. The van der Waals surface area contributed by atoms with Crippen LogP contribution >= 0.6 is 0 Å². The van der Waals surface area contributed by atoms with Gasteiger partial charge in [0.2, 0.25) is 0 Å². The second kappa shape index (κ2) is 5.01. The fourth-order valence-corrected chi connectivity index (χ4v) is 1.42. The Labute approximate surface area is 92.8 Å². The highest BCUT2D eigenvalue weighted by molar-refractivity contribution is 5.44. The molecular formula is C14H19O. The van der Waals surface area contributed by atoms with Gasteiger partial charge in [-0.05, 0) is 29.2 Å². The van der Waals surface area contributed by atoms with Gasteiger partial charge in [-0.15, -0.1) is 6.58 Å². The molecule has 0 amide bonds. The van der Waals surface area contributed by atoms with Crippen molar-refractivity contribution in [3.05, 3.63) is 47.9 Å². The van der Waals surface area contributed by atoms with E-state index in [9.17, 15) is 0 Å². The topological polar surface area (TPSA) is 9.23 Å². The first kappa shape index (κ1) is 11.8. The highest BCUT2D eigenvalue weighted by Gasteiger charge is 2.08. The molecular weight excluding hydrogens is 184 g/mol. The number of hydrogen-bond acceptors (Lipinski definition) is 1. The summed E-state index contributed by atoms with van der Waals surface area (Å²) in [6.07, 6.45) is 1.87. The lowest BCUT2D eigenvalue weighted by molar-refractivity contribution is 0.413. The third-order valence-electron chi connectivity index (χ3n) is 2.59. The zero-order valence-corrected chi connectivity index (χ0v) is 10.0. The van der Waals surface area contributed by atoms with Crippen LogP contribution in [0.5, 0.6) is 5.75 Å². The first-order chi connectivity index (χ1) is 7.08. The van der Waals surface area contributed by atoms with E-state index in [1.54, 1.807) is 7.11 Å². The van der Waals surface area contributed by atoms with Gasteiger partial charge in [-0.2, -0.15) is 0 Å². The molecule has 0 aliphatic rings. The average Bonchev–Trinajstić information content (AvgIpc) is 2.27. The molecule has 15 heavy (non-hydrogen) atoms. The highest BCUT2D eigenvalue weighted by atomic mass is 16.5. The lowest BCUT2D eigenvalue weighted by Crippen LogP contribution is -1.96.